The number of carboxylic acid groups (broad SMARTS) is 1. The number of aliphatic carboxylic acids is 1. The highest BCUT2D eigenvalue weighted by molar-refractivity contribution is 5.77. The molecule has 1 aliphatic heterocycles. The van der Waals surface area contributed by atoms with Crippen molar-refractivity contribution in [1.82, 2.24) is 10.2 Å². The largest absolute Gasteiger partial charge is 0.490 e. The normalized spacial score (nSPS) is 19.4. The van der Waals surface area contributed by atoms with Crippen LogP contribution in [-0.2, 0) is 21.5 Å². The molecule has 1 atom stereocenters. The molecule has 1 aliphatic carbocycles. The van der Waals surface area contributed by atoms with Gasteiger partial charge in [-0.3, -0.25) is 9.69 Å². The molecule has 2 heterocycles. The number of carboxylic acids is 1. The number of benzene rings is 1. The molecule has 186 valence electrons. The first-order valence-corrected chi connectivity index (χ1v) is 11.4. The third kappa shape index (κ3) is 6.40. The third-order valence-electron chi connectivity index (χ3n) is 6.51. The van der Waals surface area contributed by atoms with Crippen LogP contribution < -0.4 is 5.32 Å². The van der Waals surface area contributed by atoms with E-state index in [1.807, 2.05) is 19.9 Å². The van der Waals surface area contributed by atoms with Gasteiger partial charge in [0.05, 0.1) is 12.8 Å². The summed E-state index contributed by atoms with van der Waals surface area (Å²) >= 11 is 0. The summed E-state index contributed by atoms with van der Waals surface area (Å²) < 4.78 is 37.3. The molecule has 0 saturated carbocycles. The van der Waals surface area contributed by atoms with Crippen LogP contribution in [-0.4, -0.2) is 47.2 Å². The fraction of sp³-hybridized carbons (Fsp3) is 0.520. The first-order chi connectivity index (χ1) is 16.0. The number of hydrogen-bond acceptors (Lipinski definition) is 4. The van der Waals surface area contributed by atoms with Crippen molar-refractivity contribution in [1.29, 1.82) is 0 Å². The minimum Gasteiger partial charge on any atom is -0.475 e. The molecule has 2 aliphatic rings. The summed E-state index contributed by atoms with van der Waals surface area (Å²) in [7, 11) is 0. The lowest BCUT2D eigenvalue weighted by atomic mass is 9.73. The number of fused-ring (bicyclic) bond motifs is 2. The number of hydrogen-bond donors (Lipinski definition) is 2. The van der Waals surface area contributed by atoms with Gasteiger partial charge in [0.2, 0.25) is 5.91 Å². The van der Waals surface area contributed by atoms with Crippen molar-refractivity contribution in [2.45, 2.75) is 69.6 Å². The van der Waals surface area contributed by atoms with Crippen molar-refractivity contribution in [3.63, 3.8) is 0 Å². The van der Waals surface area contributed by atoms with Gasteiger partial charge in [-0.1, -0.05) is 24.3 Å². The molecule has 1 aromatic carbocycles. The molecular weight excluding hydrogens is 449 g/mol. The lowest BCUT2D eigenvalue weighted by Gasteiger charge is -2.40. The van der Waals surface area contributed by atoms with Crippen molar-refractivity contribution in [3.8, 4) is 0 Å². The topological polar surface area (TPSA) is 82.8 Å². The zero-order chi connectivity index (χ0) is 24.9. The molecule has 34 heavy (non-hydrogen) atoms. The van der Waals surface area contributed by atoms with Crippen molar-refractivity contribution >= 4 is 11.9 Å². The molecule has 2 N–H and O–H groups in total. The van der Waals surface area contributed by atoms with Crippen molar-refractivity contribution in [2.24, 2.45) is 0 Å². The second-order valence-corrected chi connectivity index (χ2v) is 9.35. The van der Waals surface area contributed by atoms with Crippen LogP contribution in [0.1, 0.15) is 62.3 Å². The van der Waals surface area contributed by atoms with Gasteiger partial charge >= 0.3 is 12.1 Å². The Morgan fingerprint density at radius 3 is 2.38 bits per heavy atom. The highest BCUT2D eigenvalue weighted by Crippen LogP contribution is 2.52. The van der Waals surface area contributed by atoms with Crippen LogP contribution >= 0.6 is 0 Å². The molecule has 1 aromatic heterocycles. The van der Waals surface area contributed by atoms with Crippen LogP contribution in [0.2, 0.25) is 0 Å². The Hall–Kier alpha value is -2.81. The Morgan fingerprint density at radius 2 is 1.82 bits per heavy atom. The Balaban J connectivity index is 0.000000406. The lowest BCUT2D eigenvalue weighted by molar-refractivity contribution is -0.192. The second-order valence-electron chi connectivity index (χ2n) is 9.35. The van der Waals surface area contributed by atoms with Crippen LogP contribution in [0, 0.1) is 0 Å². The van der Waals surface area contributed by atoms with Gasteiger partial charge in [0, 0.05) is 12.5 Å². The number of amides is 1. The van der Waals surface area contributed by atoms with Gasteiger partial charge in [-0.2, -0.15) is 13.2 Å². The summed E-state index contributed by atoms with van der Waals surface area (Å²) in [6.45, 7) is 7.11. The monoisotopic (exact) mass is 480 g/mol. The number of piperidine rings is 1. The summed E-state index contributed by atoms with van der Waals surface area (Å²) in [5.74, 6) is -1.19. The Labute approximate surface area is 197 Å². The molecule has 0 bridgehead atoms. The minimum absolute atomic E-state index is 0.178. The van der Waals surface area contributed by atoms with Crippen LogP contribution in [0.25, 0.3) is 0 Å². The molecule has 4 rings (SSSR count). The van der Waals surface area contributed by atoms with Gasteiger partial charge in [-0.15, -0.1) is 0 Å². The van der Waals surface area contributed by atoms with Crippen molar-refractivity contribution in [2.75, 3.05) is 13.1 Å². The lowest BCUT2D eigenvalue weighted by Crippen LogP contribution is -2.41. The van der Waals surface area contributed by atoms with Crippen molar-refractivity contribution < 1.29 is 32.3 Å². The van der Waals surface area contributed by atoms with E-state index in [2.05, 4.69) is 40.5 Å². The van der Waals surface area contributed by atoms with Gasteiger partial charge in [0.1, 0.15) is 5.76 Å². The van der Waals surface area contributed by atoms with Gasteiger partial charge in [0.25, 0.3) is 0 Å². The highest BCUT2D eigenvalue weighted by Gasteiger charge is 2.45. The summed E-state index contributed by atoms with van der Waals surface area (Å²) in [4.78, 5) is 23.8. The van der Waals surface area contributed by atoms with Gasteiger partial charge < -0.3 is 14.8 Å². The zero-order valence-corrected chi connectivity index (χ0v) is 19.4. The highest BCUT2D eigenvalue weighted by atomic mass is 19.4. The number of furan rings is 1. The third-order valence-corrected chi connectivity index (χ3v) is 6.51. The van der Waals surface area contributed by atoms with Crippen LogP contribution in [0.15, 0.2) is 47.1 Å². The molecule has 1 saturated heterocycles. The molecule has 6 nitrogen and oxygen atoms in total. The second kappa shape index (κ2) is 10.6. The van der Waals surface area contributed by atoms with E-state index in [4.69, 9.17) is 14.3 Å². The van der Waals surface area contributed by atoms with E-state index in [-0.39, 0.29) is 17.4 Å². The summed E-state index contributed by atoms with van der Waals surface area (Å²) in [5.41, 5.74) is 3.12. The van der Waals surface area contributed by atoms with Gasteiger partial charge in [-0.25, -0.2) is 4.79 Å². The number of alkyl halides is 3. The van der Waals surface area contributed by atoms with E-state index >= 15 is 0 Å². The molecule has 1 unspecified atom stereocenters. The number of carbonyl (C=O) groups is 2. The number of carbonyl (C=O) groups excluding carboxylic acids is 1. The molecule has 2 aromatic rings. The number of nitrogens with one attached hydrogen (secondary N) is 1. The smallest absolute Gasteiger partial charge is 0.475 e. The van der Waals surface area contributed by atoms with Crippen molar-refractivity contribution in [3.05, 3.63) is 59.5 Å². The maximum Gasteiger partial charge on any atom is 0.490 e. The van der Waals surface area contributed by atoms with E-state index < -0.39 is 12.1 Å². The first kappa shape index (κ1) is 25.8. The molecule has 1 spiro atoms. The molecule has 1 amide bonds. The van der Waals surface area contributed by atoms with E-state index in [0.29, 0.717) is 12.3 Å². The van der Waals surface area contributed by atoms with E-state index in [1.54, 1.807) is 6.26 Å². The SMILES string of the molecule is CC(C)NC(=O)CC1CC2(CCN(Cc3ccco3)CC2)c2ccccc21.O=C(O)C(F)(F)F. The summed E-state index contributed by atoms with van der Waals surface area (Å²) in [6, 6.07) is 13.0. The van der Waals surface area contributed by atoms with E-state index in [0.717, 1.165) is 44.7 Å². The molecule has 9 heteroatoms. The molecule has 0 radical (unpaired) electrons. The average Bonchev–Trinajstić information content (AvgIpc) is 3.36. The molecule has 1 fully saturated rings. The van der Waals surface area contributed by atoms with Crippen LogP contribution in [0.3, 0.4) is 0 Å². The average molecular weight is 481 g/mol. The summed E-state index contributed by atoms with van der Waals surface area (Å²) in [6.07, 6.45) is 0.695. The Morgan fingerprint density at radius 1 is 1.18 bits per heavy atom. The van der Waals surface area contributed by atoms with Crippen LogP contribution in [0.4, 0.5) is 13.2 Å². The standard InChI is InChI=1S/C23H30N2O2.C2HF3O2/c1-17(2)24-22(26)14-18-15-23(21-8-4-3-7-20(18)21)9-11-25(12-10-23)16-19-6-5-13-27-19;3-2(4,5)1(6)7/h3-8,13,17-18H,9-12,14-16H2,1-2H3,(H,24,26);(H,6,7). The fourth-order valence-corrected chi connectivity index (χ4v) is 5.05. The van der Waals surface area contributed by atoms with Gasteiger partial charge in [0.15, 0.2) is 0 Å². The van der Waals surface area contributed by atoms with E-state index in [9.17, 15) is 18.0 Å². The quantitative estimate of drug-likeness (QED) is 0.640. The maximum atomic E-state index is 12.4. The van der Waals surface area contributed by atoms with Gasteiger partial charge in [-0.05, 0) is 80.8 Å². The number of likely N-dealkylation sites (tertiary alicyclic amines) is 1. The number of nitrogens with zero attached hydrogens (tertiary/aromatic N) is 1. The zero-order valence-electron chi connectivity index (χ0n) is 19.4. The predicted molar refractivity (Wildman–Crippen MR) is 120 cm³/mol. The Bertz CT molecular complexity index is 965. The predicted octanol–water partition coefficient (Wildman–Crippen LogP) is 4.85. The van der Waals surface area contributed by atoms with Crippen LogP contribution in [0.5, 0.6) is 0 Å². The molecular formula is C25H31F3N2O4. The summed E-state index contributed by atoms with van der Waals surface area (Å²) in [5, 5.41) is 10.2. The Kier molecular flexibility index (Phi) is 8.07. The minimum atomic E-state index is -5.08. The fourth-order valence-electron chi connectivity index (χ4n) is 5.05. The van der Waals surface area contributed by atoms with E-state index in [1.165, 1.54) is 11.1 Å². The number of rotatable bonds is 5. The maximum absolute atomic E-state index is 12.4. The first-order valence-electron chi connectivity index (χ1n) is 11.4. The number of halogens is 3.